The van der Waals surface area contributed by atoms with Crippen LogP contribution >= 0.6 is 21.8 Å². The Bertz CT molecular complexity index is 316. The van der Waals surface area contributed by atoms with Crippen LogP contribution in [0, 0.1) is 0 Å². The maximum atomic E-state index is 9.72. The molecule has 0 saturated carbocycles. The van der Waals surface area contributed by atoms with Crippen molar-refractivity contribution in [1.82, 2.24) is 0 Å². The molecule has 3 heteroatoms. The van der Waals surface area contributed by atoms with E-state index in [1.165, 1.54) is 4.21 Å². The molecule has 1 nitrogen and oxygen atoms in total. The van der Waals surface area contributed by atoms with Gasteiger partial charge in [0.25, 0.3) is 0 Å². The first-order valence-electron chi connectivity index (χ1n) is 3.98. The third-order valence-electron chi connectivity index (χ3n) is 2.30. The fourth-order valence-electron chi connectivity index (χ4n) is 1.51. The Morgan fingerprint density at radius 1 is 1.75 bits per heavy atom. The molecule has 0 spiro atoms. The van der Waals surface area contributed by atoms with Crippen LogP contribution in [0.2, 0.25) is 0 Å². The fourth-order valence-corrected chi connectivity index (χ4v) is 4.62. The van der Waals surface area contributed by atoms with Gasteiger partial charge in [-0.05, 0) is 17.9 Å². The quantitative estimate of drug-likeness (QED) is 0.638. The second-order valence-corrected chi connectivity index (χ2v) is 6.40. The van der Waals surface area contributed by atoms with Crippen LogP contribution < -0.4 is 0 Å². The molecule has 0 amide bonds. The van der Waals surface area contributed by atoms with Crippen LogP contribution in [0.25, 0.3) is 0 Å². The lowest BCUT2D eigenvalue weighted by molar-refractivity contribution is 0.164. The molecule has 3 unspecified atom stereocenters. The summed E-state index contributed by atoms with van der Waals surface area (Å²) < 4.78 is 1.31. The van der Waals surface area contributed by atoms with E-state index in [2.05, 4.69) is 18.2 Å². The van der Waals surface area contributed by atoms with E-state index < -0.39 is 0 Å². The smallest absolute Gasteiger partial charge is 0.0819 e. The van der Waals surface area contributed by atoms with Crippen molar-refractivity contribution in [1.29, 1.82) is 0 Å². The van der Waals surface area contributed by atoms with Crippen LogP contribution in [0.5, 0.6) is 0 Å². The Hall–Kier alpha value is -0.120. The highest BCUT2D eigenvalue weighted by atomic mass is 32.2. The first-order valence-corrected chi connectivity index (χ1v) is 6.32. The summed E-state index contributed by atoms with van der Waals surface area (Å²) in [4.78, 5) is 0. The molecule has 0 aromatic carbocycles. The molecule has 0 aliphatic carbocycles. The Labute approximate surface area is 79.0 Å². The Morgan fingerprint density at radius 2 is 2.50 bits per heavy atom. The largest absolute Gasteiger partial charge is 0.388 e. The van der Waals surface area contributed by atoms with E-state index in [1.54, 1.807) is 11.3 Å². The number of aliphatic hydroxyl groups excluding tert-OH is 1. The van der Waals surface area contributed by atoms with Crippen molar-refractivity contribution >= 4 is 27.7 Å². The predicted octanol–water partition coefficient (Wildman–Crippen LogP) is 2.63. The molecule has 2 rings (SSSR count). The minimum atomic E-state index is -0.244. The summed E-state index contributed by atoms with van der Waals surface area (Å²) in [6.07, 6.45) is 0.628. The van der Waals surface area contributed by atoms with Crippen LogP contribution in [0.4, 0.5) is 0 Å². The molecular weight excluding hydrogens is 188 g/mol. The fraction of sp³-hybridized carbons (Fsp3) is 0.444. The van der Waals surface area contributed by atoms with Crippen molar-refractivity contribution in [2.75, 3.05) is 0 Å². The lowest BCUT2D eigenvalue weighted by atomic mass is 10.1. The van der Waals surface area contributed by atoms with E-state index in [4.69, 9.17) is 0 Å². The van der Waals surface area contributed by atoms with Crippen LogP contribution in [-0.2, 0) is 0 Å². The normalized spacial score (nSPS) is 34.7. The van der Waals surface area contributed by atoms with Crippen LogP contribution in [0.15, 0.2) is 15.7 Å². The number of rotatable bonds is 0. The van der Waals surface area contributed by atoms with Gasteiger partial charge in [-0.15, -0.1) is 21.8 Å². The summed E-state index contributed by atoms with van der Waals surface area (Å²) in [5.41, 5.74) is 1.12. The van der Waals surface area contributed by atoms with Crippen molar-refractivity contribution in [3.63, 3.8) is 0 Å². The van der Waals surface area contributed by atoms with Gasteiger partial charge in [-0.1, -0.05) is 12.8 Å². The van der Waals surface area contributed by atoms with Gasteiger partial charge in [0.1, 0.15) is 0 Å². The standard InChI is InChI=1S/C9H12OS2/c1-6-5-8(10)7-3-4-11-9(7)12(6)2/h3-4,6,8,10H,2,5H2,1H3. The zero-order valence-corrected chi connectivity index (χ0v) is 8.62. The lowest BCUT2D eigenvalue weighted by Gasteiger charge is -2.26. The summed E-state index contributed by atoms with van der Waals surface area (Å²) in [5, 5.41) is 12.3. The molecule has 1 aliphatic rings. The highest BCUT2D eigenvalue weighted by Gasteiger charge is 2.25. The number of thiophene rings is 1. The van der Waals surface area contributed by atoms with Crippen LogP contribution in [0.1, 0.15) is 25.0 Å². The maximum absolute atomic E-state index is 9.72. The van der Waals surface area contributed by atoms with E-state index >= 15 is 0 Å². The van der Waals surface area contributed by atoms with E-state index in [1.807, 2.05) is 6.07 Å². The summed E-state index contributed by atoms with van der Waals surface area (Å²) in [7, 11) is 0.109. The molecule has 0 fully saturated rings. The Kier molecular flexibility index (Phi) is 2.10. The first-order chi connectivity index (χ1) is 5.70. The molecule has 12 heavy (non-hydrogen) atoms. The lowest BCUT2D eigenvalue weighted by Crippen LogP contribution is -2.12. The highest BCUT2D eigenvalue weighted by Crippen LogP contribution is 2.47. The zero-order valence-electron chi connectivity index (χ0n) is 6.99. The molecule has 1 aromatic heterocycles. The SMILES string of the molecule is C=S1c2sccc2C(O)CC1C. The van der Waals surface area contributed by atoms with Gasteiger partial charge in [0, 0.05) is 10.8 Å². The monoisotopic (exact) mass is 200 g/mol. The average Bonchev–Trinajstić information content (AvgIpc) is 2.48. The van der Waals surface area contributed by atoms with Crippen LogP contribution in [0.3, 0.4) is 0 Å². The van der Waals surface area contributed by atoms with Crippen molar-refractivity contribution in [3.8, 4) is 0 Å². The summed E-state index contributed by atoms with van der Waals surface area (Å²) in [6, 6.07) is 2.03. The van der Waals surface area contributed by atoms with Gasteiger partial charge in [0.15, 0.2) is 0 Å². The first kappa shape index (κ1) is 8.48. The third-order valence-corrected chi connectivity index (χ3v) is 5.83. The van der Waals surface area contributed by atoms with Gasteiger partial charge >= 0.3 is 0 Å². The molecule has 1 N–H and O–H groups in total. The van der Waals surface area contributed by atoms with Crippen molar-refractivity contribution < 1.29 is 5.11 Å². The van der Waals surface area contributed by atoms with Crippen molar-refractivity contribution in [2.24, 2.45) is 0 Å². The minimum Gasteiger partial charge on any atom is -0.388 e. The number of hydrogen-bond acceptors (Lipinski definition) is 2. The van der Waals surface area contributed by atoms with Gasteiger partial charge in [0.05, 0.1) is 10.3 Å². The van der Waals surface area contributed by atoms with Crippen molar-refractivity contribution in [3.05, 3.63) is 17.0 Å². The molecule has 1 aliphatic heterocycles. The molecule has 0 saturated heterocycles. The number of hydrogen-bond donors (Lipinski definition) is 1. The van der Waals surface area contributed by atoms with Gasteiger partial charge in [-0.25, -0.2) is 0 Å². The van der Waals surface area contributed by atoms with Gasteiger partial charge in [0.2, 0.25) is 0 Å². The van der Waals surface area contributed by atoms with E-state index in [-0.39, 0.29) is 16.6 Å². The topological polar surface area (TPSA) is 20.2 Å². The molecule has 0 radical (unpaired) electrons. The van der Waals surface area contributed by atoms with E-state index in [9.17, 15) is 5.11 Å². The van der Waals surface area contributed by atoms with Crippen LogP contribution in [-0.4, -0.2) is 16.2 Å². The second kappa shape index (κ2) is 2.98. The van der Waals surface area contributed by atoms with Crippen molar-refractivity contribution in [2.45, 2.75) is 28.9 Å². The van der Waals surface area contributed by atoms with E-state index in [0.29, 0.717) is 5.25 Å². The summed E-state index contributed by atoms with van der Waals surface area (Å²) >= 11 is 1.73. The molecule has 1 aromatic rings. The van der Waals surface area contributed by atoms with Gasteiger partial charge < -0.3 is 5.11 Å². The maximum Gasteiger partial charge on any atom is 0.0819 e. The average molecular weight is 200 g/mol. The minimum absolute atomic E-state index is 0.109. The zero-order chi connectivity index (χ0) is 8.72. The van der Waals surface area contributed by atoms with Gasteiger partial charge in [-0.2, -0.15) is 0 Å². The molecule has 0 bridgehead atoms. The third kappa shape index (κ3) is 1.16. The molecular formula is C9H12OS2. The highest BCUT2D eigenvalue weighted by molar-refractivity contribution is 8.16. The summed E-state index contributed by atoms with van der Waals surface area (Å²) in [5.74, 6) is 4.15. The second-order valence-electron chi connectivity index (χ2n) is 3.15. The predicted molar refractivity (Wildman–Crippen MR) is 56.3 cm³/mol. The molecule has 66 valence electrons. The summed E-state index contributed by atoms with van der Waals surface area (Å²) in [6.45, 7) is 2.17. The number of fused-ring (bicyclic) bond motifs is 1. The molecule has 3 atom stereocenters. The Morgan fingerprint density at radius 3 is 3.25 bits per heavy atom. The Balaban J connectivity index is 2.50. The van der Waals surface area contributed by atoms with E-state index in [0.717, 1.165) is 12.0 Å². The van der Waals surface area contributed by atoms with Gasteiger partial charge in [-0.3, -0.25) is 0 Å². The molecule has 2 heterocycles. The number of aliphatic hydroxyl groups is 1.